The molecule has 20 heavy (non-hydrogen) atoms. The van der Waals surface area contributed by atoms with Crippen LogP contribution in [0.2, 0.25) is 0 Å². The quantitative estimate of drug-likeness (QED) is 0.569. The van der Waals surface area contributed by atoms with Crippen LogP contribution in [0, 0.1) is 0 Å². The minimum Gasteiger partial charge on any atom is -0.456 e. The summed E-state index contributed by atoms with van der Waals surface area (Å²) < 4.78 is 20.8. The number of carbonyl (C=O) groups is 2. The number of aliphatic hydroxyl groups excluding tert-OH is 1. The number of rotatable bonds is 5. The average molecular weight is 288 g/mol. The first-order valence-electron chi connectivity index (χ1n) is 6.27. The molecule has 0 amide bonds. The van der Waals surface area contributed by atoms with Crippen LogP contribution in [0.15, 0.2) is 12.7 Å². The third-order valence-electron chi connectivity index (χ3n) is 2.73. The van der Waals surface area contributed by atoms with Crippen LogP contribution in [-0.4, -0.2) is 54.4 Å². The number of hydrogen-bond acceptors (Lipinski definition) is 7. The largest absolute Gasteiger partial charge is 0.456 e. The van der Waals surface area contributed by atoms with Crippen molar-refractivity contribution in [2.75, 3.05) is 6.61 Å². The van der Waals surface area contributed by atoms with Gasteiger partial charge in [0.15, 0.2) is 18.5 Å². The Morgan fingerprint density at radius 2 is 1.80 bits per heavy atom. The van der Waals surface area contributed by atoms with Gasteiger partial charge in [0.05, 0.1) is 12.7 Å². The summed E-state index contributed by atoms with van der Waals surface area (Å²) in [4.78, 5) is 22.2. The maximum Gasteiger partial charge on any atom is 0.303 e. The van der Waals surface area contributed by atoms with Crippen LogP contribution >= 0.6 is 0 Å². The van der Waals surface area contributed by atoms with Crippen molar-refractivity contribution in [1.29, 1.82) is 0 Å². The molecule has 0 aromatic rings. The Kier molecular flexibility index (Phi) is 6.12. The lowest BCUT2D eigenvalue weighted by atomic mass is 9.99. The summed E-state index contributed by atoms with van der Waals surface area (Å²) in [6.07, 6.45) is -3.29. The molecule has 0 saturated carbocycles. The number of carbonyl (C=O) groups excluding carboxylic acids is 2. The first-order chi connectivity index (χ1) is 9.36. The zero-order valence-electron chi connectivity index (χ0n) is 11.8. The van der Waals surface area contributed by atoms with Gasteiger partial charge in [-0.25, -0.2) is 0 Å². The highest BCUT2D eigenvalue weighted by Gasteiger charge is 2.48. The van der Waals surface area contributed by atoms with Gasteiger partial charge in [-0.2, -0.15) is 0 Å². The van der Waals surface area contributed by atoms with Crippen LogP contribution < -0.4 is 0 Å². The zero-order chi connectivity index (χ0) is 15.3. The van der Waals surface area contributed by atoms with E-state index in [1.54, 1.807) is 6.92 Å². The molecule has 1 aliphatic heterocycles. The predicted octanol–water partition coefficient (Wildman–Crippen LogP) is 0.158. The number of hydrogen-bond donors (Lipinski definition) is 1. The molecule has 0 bridgehead atoms. The molecule has 1 fully saturated rings. The summed E-state index contributed by atoms with van der Waals surface area (Å²) in [6.45, 7) is 7.73. The van der Waals surface area contributed by atoms with Crippen molar-refractivity contribution in [3.63, 3.8) is 0 Å². The van der Waals surface area contributed by atoms with Crippen molar-refractivity contribution in [1.82, 2.24) is 0 Å². The van der Waals surface area contributed by atoms with Crippen molar-refractivity contribution in [3.05, 3.63) is 12.7 Å². The van der Waals surface area contributed by atoms with Crippen molar-refractivity contribution < 1.29 is 33.6 Å². The molecule has 7 heteroatoms. The Balaban J connectivity index is 2.87. The molecule has 0 spiro atoms. The van der Waals surface area contributed by atoms with Gasteiger partial charge in [0.1, 0.15) is 6.10 Å². The molecule has 0 aromatic heterocycles. The number of ether oxygens (including phenoxy) is 4. The van der Waals surface area contributed by atoms with E-state index < -0.39 is 42.6 Å². The Morgan fingerprint density at radius 3 is 2.30 bits per heavy atom. The first kappa shape index (κ1) is 16.6. The molecular formula is C13H20O7. The van der Waals surface area contributed by atoms with Crippen LogP contribution in [0.4, 0.5) is 0 Å². The highest BCUT2D eigenvalue weighted by molar-refractivity contribution is 5.67. The average Bonchev–Trinajstić information content (AvgIpc) is 2.35. The van der Waals surface area contributed by atoms with E-state index in [1.165, 1.54) is 19.9 Å². The maximum atomic E-state index is 11.1. The lowest BCUT2D eigenvalue weighted by Gasteiger charge is -2.41. The predicted molar refractivity (Wildman–Crippen MR) is 67.6 cm³/mol. The lowest BCUT2D eigenvalue weighted by Crippen LogP contribution is -2.60. The third kappa shape index (κ3) is 4.29. The third-order valence-corrected chi connectivity index (χ3v) is 2.73. The Bertz CT molecular complexity index is 368. The van der Waals surface area contributed by atoms with Gasteiger partial charge in [-0.15, -0.1) is 6.58 Å². The van der Waals surface area contributed by atoms with Gasteiger partial charge in [0.25, 0.3) is 0 Å². The number of aliphatic hydroxyl groups is 1. The minimum absolute atomic E-state index is 0.166. The summed E-state index contributed by atoms with van der Waals surface area (Å²) in [5.74, 6) is -1.15. The van der Waals surface area contributed by atoms with E-state index in [-0.39, 0.29) is 6.61 Å². The van der Waals surface area contributed by atoms with Gasteiger partial charge in [0, 0.05) is 13.8 Å². The first-order valence-corrected chi connectivity index (χ1v) is 6.27. The molecule has 1 N–H and O–H groups in total. The Labute approximate surface area is 117 Å². The van der Waals surface area contributed by atoms with Gasteiger partial charge >= 0.3 is 11.9 Å². The summed E-state index contributed by atoms with van der Waals surface area (Å²) >= 11 is 0. The monoisotopic (exact) mass is 288 g/mol. The van der Waals surface area contributed by atoms with E-state index in [1.807, 2.05) is 0 Å². The second-order valence-corrected chi connectivity index (χ2v) is 4.47. The smallest absolute Gasteiger partial charge is 0.303 e. The Hall–Kier alpha value is -1.44. The molecule has 114 valence electrons. The maximum absolute atomic E-state index is 11.1. The van der Waals surface area contributed by atoms with Crippen LogP contribution in [0.3, 0.4) is 0 Å². The van der Waals surface area contributed by atoms with Crippen LogP contribution in [-0.2, 0) is 28.5 Å². The van der Waals surface area contributed by atoms with E-state index >= 15 is 0 Å². The molecule has 0 unspecified atom stereocenters. The fourth-order valence-corrected chi connectivity index (χ4v) is 1.97. The van der Waals surface area contributed by atoms with E-state index in [4.69, 9.17) is 18.9 Å². The van der Waals surface area contributed by atoms with Gasteiger partial charge < -0.3 is 24.1 Å². The summed E-state index contributed by atoms with van der Waals surface area (Å²) in [7, 11) is 0. The SMILES string of the molecule is C=CCO[C@@H]1O[C@@H](C)[C@@H](OC(C)=O)[C@@H](OC(C)=O)[C@@H]1O. The second kappa shape index (κ2) is 7.37. The van der Waals surface area contributed by atoms with Crippen molar-refractivity contribution in [3.8, 4) is 0 Å². The fourth-order valence-electron chi connectivity index (χ4n) is 1.97. The van der Waals surface area contributed by atoms with Gasteiger partial charge in [-0.3, -0.25) is 9.59 Å². The van der Waals surface area contributed by atoms with E-state index in [9.17, 15) is 14.7 Å². The number of esters is 2. The van der Waals surface area contributed by atoms with Crippen LogP contribution in [0.25, 0.3) is 0 Å². The van der Waals surface area contributed by atoms with Crippen molar-refractivity contribution in [2.24, 2.45) is 0 Å². The highest BCUT2D eigenvalue weighted by Crippen LogP contribution is 2.26. The molecule has 0 aliphatic carbocycles. The minimum atomic E-state index is -1.26. The van der Waals surface area contributed by atoms with Gasteiger partial charge in [0.2, 0.25) is 0 Å². The molecule has 7 nitrogen and oxygen atoms in total. The van der Waals surface area contributed by atoms with E-state index in [0.717, 1.165) is 0 Å². The van der Waals surface area contributed by atoms with Crippen LogP contribution in [0.5, 0.6) is 0 Å². The standard InChI is InChI=1S/C13H20O7/c1-5-6-17-13-10(16)12(20-9(4)15)11(7(2)18-13)19-8(3)14/h5,7,10-13,16H,1,6H2,2-4H3/t7-,10-,11+,12-,13+/m0/s1. The molecule has 1 heterocycles. The highest BCUT2D eigenvalue weighted by atomic mass is 16.7. The lowest BCUT2D eigenvalue weighted by molar-refractivity contribution is -0.295. The normalized spacial score (nSPS) is 33.3. The molecule has 1 saturated heterocycles. The molecule has 0 radical (unpaired) electrons. The van der Waals surface area contributed by atoms with Gasteiger partial charge in [-0.1, -0.05) is 6.08 Å². The second-order valence-electron chi connectivity index (χ2n) is 4.47. The fraction of sp³-hybridized carbons (Fsp3) is 0.692. The molecule has 5 atom stereocenters. The Morgan fingerprint density at radius 1 is 1.25 bits per heavy atom. The molecular weight excluding hydrogens is 268 g/mol. The molecule has 0 aromatic carbocycles. The van der Waals surface area contributed by atoms with E-state index in [2.05, 4.69) is 6.58 Å². The van der Waals surface area contributed by atoms with Crippen LogP contribution in [0.1, 0.15) is 20.8 Å². The van der Waals surface area contributed by atoms with Gasteiger partial charge in [-0.05, 0) is 6.92 Å². The molecule has 1 aliphatic rings. The van der Waals surface area contributed by atoms with Crippen molar-refractivity contribution >= 4 is 11.9 Å². The summed E-state index contributed by atoms with van der Waals surface area (Å²) in [6, 6.07) is 0. The van der Waals surface area contributed by atoms with E-state index in [0.29, 0.717) is 0 Å². The summed E-state index contributed by atoms with van der Waals surface area (Å²) in [5, 5.41) is 10.2. The summed E-state index contributed by atoms with van der Waals surface area (Å²) in [5.41, 5.74) is 0. The topological polar surface area (TPSA) is 91.3 Å². The van der Waals surface area contributed by atoms with Crippen molar-refractivity contribution in [2.45, 2.75) is 51.5 Å². The zero-order valence-corrected chi connectivity index (χ0v) is 11.8. The molecule has 1 rings (SSSR count).